The molecule has 31 heavy (non-hydrogen) atoms. The van der Waals surface area contributed by atoms with Crippen LogP contribution in [0.3, 0.4) is 0 Å². The highest BCUT2D eigenvalue weighted by Gasteiger charge is 2.23. The van der Waals surface area contributed by atoms with Gasteiger partial charge in [-0.15, -0.1) is 0 Å². The summed E-state index contributed by atoms with van der Waals surface area (Å²) < 4.78 is 26.5. The topological polar surface area (TPSA) is 73.0 Å². The molecule has 1 saturated heterocycles. The molecule has 0 spiro atoms. The minimum Gasteiger partial charge on any atom is -0.369 e. The van der Waals surface area contributed by atoms with Crippen molar-refractivity contribution in [1.82, 2.24) is 9.21 Å². The normalized spacial score (nSPS) is 15.4. The molecule has 3 rings (SSSR count). The standard InChI is InChI=1S/C23H32N4O3S/c1-16-13-19(15-22(18(16)3)31(29,30)25(4)5)23(28)24-20-7-8-21(17(2)14-20)27-11-9-26(6)10-12-27/h7-8,13-15H,9-12H2,1-6H3,(H,24,28). The summed E-state index contributed by atoms with van der Waals surface area (Å²) in [6, 6.07) is 9.09. The Morgan fingerprint density at radius 3 is 2.19 bits per heavy atom. The van der Waals surface area contributed by atoms with Crippen LogP contribution >= 0.6 is 0 Å². The zero-order chi connectivity index (χ0) is 22.9. The Morgan fingerprint density at radius 2 is 1.61 bits per heavy atom. The number of aryl methyl sites for hydroxylation is 2. The highest BCUT2D eigenvalue weighted by atomic mass is 32.2. The number of nitrogens with one attached hydrogen (secondary N) is 1. The molecule has 8 heteroatoms. The van der Waals surface area contributed by atoms with Crippen molar-refractivity contribution in [3.8, 4) is 0 Å². The first kappa shape index (κ1) is 23.2. The fourth-order valence-electron chi connectivity index (χ4n) is 3.76. The van der Waals surface area contributed by atoms with E-state index >= 15 is 0 Å². The Morgan fingerprint density at radius 1 is 0.968 bits per heavy atom. The van der Waals surface area contributed by atoms with Gasteiger partial charge in [-0.1, -0.05) is 0 Å². The molecule has 1 heterocycles. The molecule has 1 aliphatic rings. The zero-order valence-electron chi connectivity index (χ0n) is 19.2. The number of amides is 1. The SMILES string of the molecule is Cc1cc(NC(=O)c2cc(C)c(C)c(S(=O)(=O)N(C)C)c2)ccc1N1CCN(C)CC1. The van der Waals surface area contributed by atoms with Crippen LogP contribution in [-0.4, -0.2) is 70.9 Å². The smallest absolute Gasteiger partial charge is 0.255 e. The molecule has 2 aromatic rings. The summed E-state index contributed by atoms with van der Waals surface area (Å²) in [6.07, 6.45) is 0. The van der Waals surface area contributed by atoms with Crippen molar-refractivity contribution in [3.05, 3.63) is 52.6 Å². The average molecular weight is 445 g/mol. The maximum atomic E-state index is 12.9. The molecule has 1 amide bonds. The van der Waals surface area contributed by atoms with E-state index in [1.807, 2.05) is 32.0 Å². The zero-order valence-corrected chi connectivity index (χ0v) is 20.0. The van der Waals surface area contributed by atoms with E-state index in [0.29, 0.717) is 16.8 Å². The van der Waals surface area contributed by atoms with Gasteiger partial charge in [-0.3, -0.25) is 4.79 Å². The number of rotatable bonds is 5. The number of hydrogen-bond acceptors (Lipinski definition) is 5. The molecule has 7 nitrogen and oxygen atoms in total. The van der Waals surface area contributed by atoms with Crippen LogP contribution in [0.1, 0.15) is 27.0 Å². The largest absolute Gasteiger partial charge is 0.369 e. The van der Waals surface area contributed by atoms with E-state index in [0.717, 1.165) is 41.6 Å². The van der Waals surface area contributed by atoms with Crippen LogP contribution in [0, 0.1) is 20.8 Å². The molecule has 1 aliphatic heterocycles. The molecule has 168 valence electrons. The molecule has 0 atom stereocenters. The van der Waals surface area contributed by atoms with Crippen LogP contribution in [0.15, 0.2) is 35.2 Å². The summed E-state index contributed by atoms with van der Waals surface area (Å²) >= 11 is 0. The number of likely N-dealkylation sites (N-methyl/N-ethyl adjacent to an activating group) is 1. The van der Waals surface area contributed by atoms with Crippen molar-refractivity contribution in [2.75, 3.05) is 57.5 Å². The van der Waals surface area contributed by atoms with Crippen molar-refractivity contribution < 1.29 is 13.2 Å². The van der Waals surface area contributed by atoms with Crippen LogP contribution < -0.4 is 10.2 Å². The molecule has 1 N–H and O–H groups in total. The number of hydrogen-bond donors (Lipinski definition) is 1. The van der Waals surface area contributed by atoms with Gasteiger partial charge in [0.15, 0.2) is 0 Å². The van der Waals surface area contributed by atoms with Crippen molar-refractivity contribution in [2.24, 2.45) is 0 Å². The summed E-state index contributed by atoms with van der Waals surface area (Å²) in [5, 5.41) is 2.92. The Hall–Kier alpha value is -2.42. The van der Waals surface area contributed by atoms with Crippen molar-refractivity contribution in [2.45, 2.75) is 25.7 Å². The van der Waals surface area contributed by atoms with Gasteiger partial charge >= 0.3 is 0 Å². The molecular weight excluding hydrogens is 412 g/mol. The predicted molar refractivity (Wildman–Crippen MR) is 126 cm³/mol. The van der Waals surface area contributed by atoms with E-state index in [1.54, 1.807) is 13.0 Å². The lowest BCUT2D eigenvalue weighted by atomic mass is 10.1. The summed E-state index contributed by atoms with van der Waals surface area (Å²) in [6.45, 7) is 9.64. The van der Waals surface area contributed by atoms with Crippen LogP contribution in [0.25, 0.3) is 0 Å². The van der Waals surface area contributed by atoms with Crippen molar-refractivity contribution >= 4 is 27.3 Å². The van der Waals surface area contributed by atoms with E-state index in [4.69, 9.17) is 0 Å². The monoisotopic (exact) mass is 444 g/mol. The van der Waals surface area contributed by atoms with Crippen LogP contribution in [0.4, 0.5) is 11.4 Å². The van der Waals surface area contributed by atoms with E-state index in [1.165, 1.54) is 25.8 Å². The van der Waals surface area contributed by atoms with Gasteiger partial charge in [-0.2, -0.15) is 0 Å². The Labute approximate surface area is 185 Å². The highest BCUT2D eigenvalue weighted by molar-refractivity contribution is 7.89. The molecule has 0 bridgehead atoms. The Bertz CT molecular complexity index is 1090. The molecule has 2 aromatic carbocycles. The first-order valence-electron chi connectivity index (χ1n) is 10.4. The minimum atomic E-state index is -3.64. The fraction of sp³-hybridized carbons (Fsp3) is 0.435. The first-order chi connectivity index (χ1) is 14.5. The summed E-state index contributed by atoms with van der Waals surface area (Å²) in [7, 11) is 1.46. The van der Waals surface area contributed by atoms with E-state index in [9.17, 15) is 13.2 Å². The first-order valence-corrected chi connectivity index (χ1v) is 11.8. The summed E-state index contributed by atoms with van der Waals surface area (Å²) in [4.78, 5) is 17.8. The van der Waals surface area contributed by atoms with Gasteiger partial charge in [0.1, 0.15) is 0 Å². The quantitative estimate of drug-likeness (QED) is 0.768. The fourth-order valence-corrected chi connectivity index (χ4v) is 4.98. The maximum absolute atomic E-state index is 12.9. The highest BCUT2D eigenvalue weighted by Crippen LogP contribution is 2.26. The van der Waals surface area contributed by atoms with Gasteiger partial charge in [-0.25, -0.2) is 12.7 Å². The second kappa shape index (κ2) is 8.98. The molecule has 0 radical (unpaired) electrons. The number of carbonyl (C=O) groups is 1. The van der Waals surface area contributed by atoms with E-state index < -0.39 is 10.0 Å². The van der Waals surface area contributed by atoms with E-state index in [-0.39, 0.29) is 10.8 Å². The van der Waals surface area contributed by atoms with Gasteiger partial charge < -0.3 is 15.1 Å². The van der Waals surface area contributed by atoms with Gasteiger partial charge in [0.25, 0.3) is 5.91 Å². The number of carbonyl (C=O) groups excluding carboxylic acids is 1. The molecule has 0 aliphatic carbocycles. The number of benzene rings is 2. The lowest BCUT2D eigenvalue weighted by Crippen LogP contribution is -2.44. The average Bonchev–Trinajstić information content (AvgIpc) is 2.70. The Balaban J connectivity index is 1.83. The third kappa shape index (κ3) is 4.92. The van der Waals surface area contributed by atoms with E-state index in [2.05, 4.69) is 22.2 Å². The minimum absolute atomic E-state index is 0.157. The lowest BCUT2D eigenvalue weighted by molar-refractivity contribution is 0.102. The van der Waals surface area contributed by atoms with Crippen LogP contribution in [-0.2, 0) is 10.0 Å². The number of anilines is 2. The van der Waals surface area contributed by atoms with Gasteiger partial charge in [-0.05, 0) is 74.8 Å². The summed E-state index contributed by atoms with van der Waals surface area (Å²) in [5.74, 6) is -0.329. The summed E-state index contributed by atoms with van der Waals surface area (Å²) in [5.41, 5.74) is 4.70. The van der Waals surface area contributed by atoms with Crippen molar-refractivity contribution in [1.29, 1.82) is 0 Å². The second-order valence-corrected chi connectivity index (χ2v) is 10.6. The van der Waals surface area contributed by atoms with Crippen molar-refractivity contribution in [3.63, 3.8) is 0 Å². The third-order valence-corrected chi connectivity index (χ3v) is 7.88. The third-order valence-electron chi connectivity index (χ3n) is 5.94. The Kier molecular flexibility index (Phi) is 6.73. The molecule has 0 saturated carbocycles. The molecular formula is C23H32N4O3S. The maximum Gasteiger partial charge on any atom is 0.255 e. The molecule has 0 aromatic heterocycles. The number of piperazine rings is 1. The number of sulfonamides is 1. The van der Waals surface area contributed by atoms with Gasteiger partial charge in [0.05, 0.1) is 4.90 Å². The lowest BCUT2D eigenvalue weighted by Gasteiger charge is -2.35. The second-order valence-electron chi connectivity index (χ2n) is 8.45. The van der Waals surface area contributed by atoms with Crippen LogP contribution in [0.5, 0.6) is 0 Å². The molecule has 1 fully saturated rings. The number of nitrogens with zero attached hydrogens (tertiary/aromatic N) is 3. The molecule has 0 unspecified atom stereocenters. The van der Waals surface area contributed by atoms with Gasteiger partial charge in [0.2, 0.25) is 10.0 Å². The predicted octanol–water partition coefficient (Wildman–Crippen LogP) is 2.87. The van der Waals surface area contributed by atoms with Gasteiger partial charge in [0, 0.05) is 57.2 Å². The van der Waals surface area contributed by atoms with Crippen LogP contribution in [0.2, 0.25) is 0 Å².